The van der Waals surface area contributed by atoms with E-state index in [1.54, 1.807) is 16.8 Å². The van der Waals surface area contributed by atoms with Crippen LogP contribution in [0.3, 0.4) is 0 Å². The molecule has 1 fully saturated rings. The third-order valence-corrected chi connectivity index (χ3v) is 5.82. The quantitative estimate of drug-likeness (QED) is 0.866. The number of hydrogen-bond acceptors (Lipinski definition) is 4. The van der Waals surface area contributed by atoms with Gasteiger partial charge in [0.15, 0.2) is 0 Å². The van der Waals surface area contributed by atoms with Gasteiger partial charge in [0.05, 0.1) is 16.6 Å². The monoisotopic (exact) mass is 395 g/mol. The SMILES string of the molecule is Cc1ccc(=O)n(C2CCC(NC(=O)c3cc(Br)cs3)CC2)n1. The number of carbonyl (C=O) groups is 1. The molecule has 0 aromatic carbocycles. The van der Waals surface area contributed by atoms with Crippen LogP contribution in [0.25, 0.3) is 0 Å². The second-order valence-corrected chi connectivity index (χ2v) is 7.69. The summed E-state index contributed by atoms with van der Waals surface area (Å²) in [6.45, 7) is 1.89. The standard InChI is InChI=1S/C16H18BrN3O2S/c1-10-2-7-15(21)20(19-10)13-5-3-12(4-6-13)18-16(22)14-8-11(17)9-23-14/h2,7-9,12-13H,3-6H2,1H3,(H,18,22). The Bertz CT molecular complexity index is 763. The van der Waals surface area contributed by atoms with Crippen LogP contribution in [0.15, 0.2) is 32.8 Å². The van der Waals surface area contributed by atoms with Crippen molar-refractivity contribution in [2.45, 2.75) is 44.7 Å². The molecule has 1 aliphatic carbocycles. The average Bonchev–Trinajstić information content (AvgIpc) is 2.97. The molecule has 7 heteroatoms. The van der Waals surface area contributed by atoms with E-state index in [0.717, 1.165) is 40.7 Å². The van der Waals surface area contributed by atoms with E-state index in [-0.39, 0.29) is 23.6 Å². The number of halogens is 1. The Morgan fingerprint density at radius 3 is 2.74 bits per heavy atom. The number of rotatable bonds is 3. The predicted molar refractivity (Wildman–Crippen MR) is 94.0 cm³/mol. The Labute approximate surface area is 146 Å². The maximum absolute atomic E-state index is 12.2. The Kier molecular flexibility index (Phi) is 4.96. The largest absolute Gasteiger partial charge is 0.349 e. The Morgan fingerprint density at radius 2 is 2.09 bits per heavy atom. The average molecular weight is 396 g/mol. The highest BCUT2D eigenvalue weighted by molar-refractivity contribution is 9.10. The minimum Gasteiger partial charge on any atom is -0.349 e. The Morgan fingerprint density at radius 1 is 1.35 bits per heavy atom. The molecule has 0 aliphatic heterocycles. The molecule has 23 heavy (non-hydrogen) atoms. The first kappa shape index (κ1) is 16.4. The van der Waals surface area contributed by atoms with Crippen molar-refractivity contribution < 1.29 is 4.79 Å². The third-order valence-electron chi connectivity index (χ3n) is 4.13. The molecule has 5 nitrogen and oxygen atoms in total. The predicted octanol–water partition coefficient (Wildman–Crippen LogP) is 3.29. The molecule has 1 aliphatic rings. The van der Waals surface area contributed by atoms with Gasteiger partial charge in [0, 0.05) is 22.0 Å². The van der Waals surface area contributed by atoms with Crippen molar-refractivity contribution in [3.63, 3.8) is 0 Å². The minimum absolute atomic E-state index is 0.0185. The van der Waals surface area contributed by atoms with E-state index < -0.39 is 0 Å². The zero-order chi connectivity index (χ0) is 16.4. The fourth-order valence-electron chi connectivity index (χ4n) is 2.94. The number of aromatic nitrogens is 2. The van der Waals surface area contributed by atoms with Crippen LogP contribution in [0.4, 0.5) is 0 Å². The lowest BCUT2D eigenvalue weighted by molar-refractivity contribution is 0.0925. The van der Waals surface area contributed by atoms with Crippen LogP contribution in [0.1, 0.15) is 47.1 Å². The minimum atomic E-state index is -0.0495. The van der Waals surface area contributed by atoms with Gasteiger partial charge in [-0.3, -0.25) is 9.59 Å². The summed E-state index contributed by atoms with van der Waals surface area (Å²) < 4.78 is 2.53. The molecule has 1 saturated carbocycles. The zero-order valence-corrected chi connectivity index (χ0v) is 15.2. The second-order valence-electron chi connectivity index (χ2n) is 5.87. The number of aryl methyl sites for hydroxylation is 1. The summed E-state index contributed by atoms with van der Waals surface area (Å²) in [4.78, 5) is 24.9. The lowest BCUT2D eigenvalue weighted by Gasteiger charge is -2.29. The lowest BCUT2D eigenvalue weighted by Crippen LogP contribution is -2.39. The molecule has 2 aromatic rings. The van der Waals surface area contributed by atoms with E-state index in [4.69, 9.17) is 0 Å². The molecule has 0 bridgehead atoms. The van der Waals surface area contributed by atoms with Crippen molar-refractivity contribution in [2.75, 3.05) is 0 Å². The van der Waals surface area contributed by atoms with Gasteiger partial charge in [0.1, 0.15) is 0 Å². The van der Waals surface area contributed by atoms with Crippen molar-refractivity contribution in [2.24, 2.45) is 0 Å². The van der Waals surface area contributed by atoms with Gasteiger partial charge in [-0.2, -0.15) is 5.10 Å². The molecule has 0 unspecified atom stereocenters. The zero-order valence-electron chi connectivity index (χ0n) is 12.8. The van der Waals surface area contributed by atoms with Crippen molar-refractivity contribution in [1.82, 2.24) is 15.1 Å². The van der Waals surface area contributed by atoms with Gasteiger partial charge in [-0.25, -0.2) is 4.68 Å². The van der Waals surface area contributed by atoms with Crippen LogP contribution in [0.5, 0.6) is 0 Å². The fraction of sp³-hybridized carbons (Fsp3) is 0.438. The van der Waals surface area contributed by atoms with Crippen molar-refractivity contribution in [3.8, 4) is 0 Å². The second kappa shape index (κ2) is 6.97. The number of amides is 1. The van der Waals surface area contributed by atoms with E-state index in [1.807, 2.05) is 18.4 Å². The highest BCUT2D eigenvalue weighted by atomic mass is 79.9. The van der Waals surface area contributed by atoms with Crippen LogP contribution < -0.4 is 10.9 Å². The molecule has 1 N–H and O–H groups in total. The van der Waals surface area contributed by atoms with E-state index >= 15 is 0 Å². The summed E-state index contributed by atoms with van der Waals surface area (Å²) in [6.07, 6.45) is 3.45. The summed E-state index contributed by atoms with van der Waals surface area (Å²) >= 11 is 4.80. The molecule has 122 valence electrons. The van der Waals surface area contributed by atoms with Gasteiger partial charge < -0.3 is 5.32 Å². The van der Waals surface area contributed by atoms with Crippen LogP contribution in [0.2, 0.25) is 0 Å². The molecule has 0 radical (unpaired) electrons. The molecule has 0 atom stereocenters. The smallest absolute Gasteiger partial charge is 0.267 e. The number of hydrogen-bond donors (Lipinski definition) is 1. The molecule has 0 saturated heterocycles. The van der Waals surface area contributed by atoms with E-state index in [1.165, 1.54) is 11.3 Å². The fourth-order valence-corrected chi connectivity index (χ4v) is 4.27. The molecular formula is C16H18BrN3O2S. The Balaban J connectivity index is 1.59. The molecule has 3 rings (SSSR count). The van der Waals surface area contributed by atoms with Crippen LogP contribution in [0, 0.1) is 6.92 Å². The van der Waals surface area contributed by atoms with Gasteiger partial charge in [0.2, 0.25) is 0 Å². The lowest BCUT2D eigenvalue weighted by atomic mass is 9.91. The van der Waals surface area contributed by atoms with E-state index in [2.05, 4.69) is 26.3 Å². The summed E-state index contributed by atoms with van der Waals surface area (Å²) in [7, 11) is 0. The molecular weight excluding hydrogens is 378 g/mol. The van der Waals surface area contributed by atoms with Crippen LogP contribution >= 0.6 is 27.3 Å². The first-order chi connectivity index (χ1) is 11.0. The van der Waals surface area contributed by atoms with Crippen molar-refractivity contribution >= 4 is 33.2 Å². The molecule has 2 heterocycles. The van der Waals surface area contributed by atoms with Crippen molar-refractivity contribution in [3.05, 3.63) is 49.0 Å². The van der Waals surface area contributed by atoms with E-state index in [9.17, 15) is 9.59 Å². The molecule has 2 aromatic heterocycles. The summed E-state index contributed by atoms with van der Waals surface area (Å²) in [5.41, 5.74) is 0.801. The highest BCUT2D eigenvalue weighted by Crippen LogP contribution is 2.27. The normalized spacial score (nSPS) is 21.1. The highest BCUT2D eigenvalue weighted by Gasteiger charge is 2.25. The van der Waals surface area contributed by atoms with Gasteiger partial charge in [-0.1, -0.05) is 0 Å². The van der Waals surface area contributed by atoms with Crippen molar-refractivity contribution in [1.29, 1.82) is 0 Å². The number of nitrogens with zero attached hydrogens (tertiary/aromatic N) is 2. The van der Waals surface area contributed by atoms with Crippen LogP contribution in [-0.4, -0.2) is 21.7 Å². The number of nitrogens with one attached hydrogen (secondary N) is 1. The summed E-state index contributed by atoms with van der Waals surface area (Å²) in [5, 5.41) is 9.34. The summed E-state index contributed by atoms with van der Waals surface area (Å²) in [6, 6.07) is 5.45. The topological polar surface area (TPSA) is 64.0 Å². The third kappa shape index (κ3) is 3.90. The maximum atomic E-state index is 12.2. The van der Waals surface area contributed by atoms with Gasteiger partial charge in [-0.05, 0) is 60.7 Å². The van der Waals surface area contributed by atoms with Crippen LogP contribution in [-0.2, 0) is 0 Å². The van der Waals surface area contributed by atoms with Gasteiger partial charge in [-0.15, -0.1) is 11.3 Å². The maximum Gasteiger partial charge on any atom is 0.267 e. The van der Waals surface area contributed by atoms with Gasteiger partial charge >= 0.3 is 0 Å². The number of thiophene rings is 1. The van der Waals surface area contributed by atoms with Gasteiger partial charge in [0.25, 0.3) is 11.5 Å². The molecule has 0 spiro atoms. The van der Waals surface area contributed by atoms with E-state index in [0.29, 0.717) is 0 Å². The first-order valence-electron chi connectivity index (χ1n) is 7.64. The summed E-state index contributed by atoms with van der Waals surface area (Å²) in [5.74, 6) is -0.0185. The first-order valence-corrected chi connectivity index (χ1v) is 9.31. The molecule has 1 amide bonds. The number of carbonyl (C=O) groups excluding carboxylic acids is 1. The Hall–Kier alpha value is -1.47.